The lowest BCUT2D eigenvalue weighted by molar-refractivity contribution is -0.0514. The molecule has 1 fully saturated rings. The molecule has 7 nitrogen and oxygen atoms in total. The number of hydrogen-bond acceptors (Lipinski definition) is 7. The molecule has 1 heterocycles. The first kappa shape index (κ1) is 18.3. The highest BCUT2D eigenvalue weighted by molar-refractivity contribution is 7.91. The zero-order chi connectivity index (χ0) is 19.1. The summed E-state index contributed by atoms with van der Waals surface area (Å²) in [6, 6.07) is 2.18. The van der Waals surface area contributed by atoms with E-state index in [-0.39, 0.29) is 17.0 Å². The largest absolute Gasteiger partial charge is 0.492 e. The maximum atomic E-state index is 12.9. The fraction of sp³-hybridized carbons (Fsp3) is 0.375. The maximum Gasteiger partial charge on any atom is 0.387 e. The van der Waals surface area contributed by atoms with Gasteiger partial charge in [-0.1, -0.05) is 5.16 Å². The van der Waals surface area contributed by atoms with Crippen molar-refractivity contribution >= 4 is 15.6 Å². The van der Waals surface area contributed by atoms with E-state index < -0.39 is 38.6 Å². The summed E-state index contributed by atoms with van der Waals surface area (Å²) < 4.78 is 64.1. The van der Waals surface area contributed by atoms with Gasteiger partial charge in [-0.2, -0.15) is 8.78 Å². The minimum absolute atomic E-state index is 0.0708. The summed E-state index contributed by atoms with van der Waals surface area (Å²) in [5.74, 6) is -1.12. The van der Waals surface area contributed by atoms with Gasteiger partial charge in [0.25, 0.3) is 0 Å². The average Bonchev–Trinajstić information content (AvgIpc) is 3.29. The van der Waals surface area contributed by atoms with Crippen LogP contribution in [-0.4, -0.2) is 39.3 Å². The number of hydrogen-bond donors (Lipinski definition) is 0. The molecule has 2 aromatic rings. The number of methoxy groups -OCH3 is 1. The van der Waals surface area contributed by atoms with Gasteiger partial charge in [0.15, 0.2) is 32.9 Å². The van der Waals surface area contributed by atoms with Crippen LogP contribution in [0.3, 0.4) is 0 Å². The molecule has 1 aliphatic carbocycles. The van der Waals surface area contributed by atoms with E-state index in [1.807, 2.05) is 0 Å². The molecule has 0 bridgehead atoms. The van der Waals surface area contributed by atoms with Crippen LogP contribution in [0.25, 0.3) is 0 Å². The van der Waals surface area contributed by atoms with Crippen LogP contribution in [-0.2, 0) is 9.84 Å². The monoisotopic (exact) mass is 387 g/mol. The molecule has 0 N–H and O–H groups in total. The normalized spacial score (nSPS) is 14.5. The van der Waals surface area contributed by atoms with Crippen molar-refractivity contribution in [3.63, 3.8) is 0 Å². The molecular weight excluding hydrogens is 372 g/mol. The molecule has 1 aromatic carbocycles. The maximum absolute atomic E-state index is 12.9. The van der Waals surface area contributed by atoms with Gasteiger partial charge in [0, 0.05) is 17.7 Å². The van der Waals surface area contributed by atoms with Gasteiger partial charge in [-0.25, -0.2) is 8.42 Å². The minimum Gasteiger partial charge on any atom is -0.492 e. The molecule has 10 heteroatoms. The summed E-state index contributed by atoms with van der Waals surface area (Å²) in [4.78, 5) is 12.4. The predicted octanol–water partition coefficient (Wildman–Crippen LogP) is 2.80. The van der Waals surface area contributed by atoms with Crippen LogP contribution in [0.2, 0.25) is 0 Å². The second-order valence-corrected chi connectivity index (χ2v) is 7.78. The third-order valence-corrected chi connectivity index (χ3v) is 5.05. The van der Waals surface area contributed by atoms with Crippen molar-refractivity contribution < 1.29 is 36.0 Å². The van der Waals surface area contributed by atoms with Crippen molar-refractivity contribution in [2.45, 2.75) is 30.3 Å². The summed E-state index contributed by atoms with van der Waals surface area (Å²) in [5.41, 5.74) is -0.0851. The molecule has 1 aliphatic rings. The second kappa shape index (κ2) is 6.67. The molecule has 26 heavy (non-hydrogen) atoms. The Morgan fingerprint density at radius 2 is 2.00 bits per heavy atom. The highest BCUT2D eigenvalue weighted by Crippen LogP contribution is 2.43. The van der Waals surface area contributed by atoms with Gasteiger partial charge in [-0.3, -0.25) is 4.79 Å². The quantitative estimate of drug-likeness (QED) is 0.674. The van der Waals surface area contributed by atoms with Gasteiger partial charge in [-0.05, 0) is 25.0 Å². The Balaban J connectivity index is 2.17. The summed E-state index contributed by atoms with van der Waals surface area (Å²) in [7, 11) is -2.91. The molecule has 0 aliphatic heterocycles. The third kappa shape index (κ3) is 3.41. The number of benzene rings is 1. The molecule has 3 rings (SSSR count). The van der Waals surface area contributed by atoms with Gasteiger partial charge < -0.3 is 14.0 Å². The van der Waals surface area contributed by atoms with Crippen molar-refractivity contribution in [3.8, 4) is 11.5 Å². The van der Waals surface area contributed by atoms with Crippen molar-refractivity contribution in [3.05, 3.63) is 35.2 Å². The van der Waals surface area contributed by atoms with E-state index in [0.29, 0.717) is 5.76 Å². The van der Waals surface area contributed by atoms with Gasteiger partial charge in [0.2, 0.25) is 0 Å². The van der Waals surface area contributed by atoms with E-state index in [1.165, 1.54) is 6.20 Å². The first-order valence-corrected chi connectivity index (χ1v) is 9.48. The Morgan fingerprint density at radius 3 is 2.54 bits per heavy atom. The Bertz CT molecular complexity index is 950. The number of ether oxygens (including phenoxy) is 2. The number of carbonyl (C=O) groups excluding carboxylic acids is 1. The third-order valence-electron chi connectivity index (χ3n) is 3.90. The van der Waals surface area contributed by atoms with E-state index in [1.54, 1.807) is 0 Å². The zero-order valence-electron chi connectivity index (χ0n) is 13.9. The standard InChI is InChI=1S/C16H15F2NO6S/c1-23-14-11(24-16(17)18)6-5-9(15(14)26(2,21)22)12(20)10-7-19-25-13(10)8-3-4-8/h5-8,16H,3-4H2,1-2H3. The van der Waals surface area contributed by atoms with E-state index in [9.17, 15) is 22.0 Å². The minimum atomic E-state index is -4.01. The van der Waals surface area contributed by atoms with Crippen LogP contribution in [0.1, 0.15) is 40.4 Å². The highest BCUT2D eigenvalue weighted by Gasteiger charge is 2.35. The fourth-order valence-electron chi connectivity index (χ4n) is 2.68. The van der Waals surface area contributed by atoms with Crippen LogP contribution in [0.4, 0.5) is 8.78 Å². The summed E-state index contributed by atoms with van der Waals surface area (Å²) in [5, 5.41) is 3.62. The van der Waals surface area contributed by atoms with Crippen molar-refractivity contribution in [2.75, 3.05) is 13.4 Å². The number of carbonyl (C=O) groups is 1. The molecule has 0 amide bonds. The number of alkyl halides is 2. The average molecular weight is 387 g/mol. The first-order chi connectivity index (χ1) is 12.2. The Morgan fingerprint density at radius 1 is 1.31 bits per heavy atom. The summed E-state index contributed by atoms with van der Waals surface area (Å²) >= 11 is 0. The zero-order valence-corrected chi connectivity index (χ0v) is 14.7. The Labute approximate surface area is 147 Å². The van der Waals surface area contributed by atoms with E-state index in [2.05, 4.69) is 9.89 Å². The van der Waals surface area contributed by atoms with Gasteiger partial charge in [0.05, 0.1) is 18.9 Å². The number of ketones is 1. The molecule has 1 saturated carbocycles. The molecule has 0 spiro atoms. The van der Waals surface area contributed by atoms with Crippen LogP contribution in [0, 0.1) is 0 Å². The number of rotatable bonds is 7. The van der Waals surface area contributed by atoms with Gasteiger partial charge in [-0.15, -0.1) is 0 Å². The molecule has 0 unspecified atom stereocenters. The van der Waals surface area contributed by atoms with Crippen LogP contribution in [0.5, 0.6) is 11.5 Å². The number of halogens is 2. The lowest BCUT2D eigenvalue weighted by Crippen LogP contribution is -2.13. The van der Waals surface area contributed by atoms with E-state index >= 15 is 0 Å². The van der Waals surface area contributed by atoms with E-state index in [4.69, 9.17) is 9.26 Å². The van der Waals surface area contributed by atoms with Crippen molar-refractivity contribution in [2.24, 2.45) is 0 Å². The topological polar surface area (TPSA) is 95.7 Å². The van der Waals surface area contributed by atoms with Crippen LogP contribution < -0.4 is 9.47 Å². The second-order valence-electron chi connectivity index (χ2n) is 5.83. The lowest BCUT2D eigenvalue weighted by atomic mass is 10.0. The van der Waals surface area contributed by atoms with Crippen molar-refractivity contribution in [1.82, 2.24) is 5.16 Å². The van der Waals surface area contributed by atoms with Gasteiger partial charge in [0.1, 0.15) is 4.90 Å². The fourth-order valence-corrected chi connectivity index (χ4v) is 3.76. The SMILES string of the molecule is COc1c(OC(F)F)ccc(C(=O)c2cnoc2C2CC2)c1S(C)(=O)=O. The van der Waals surface area contributed by atoms with Gasteiger partial charge >= 0.3 is 6.61 Å². The van der Waals surface area contributed by atoms with Crippen LogP contribution >= 0.6 is 0 Å². The Kier molecular flexibility index (Phi) is 4.70. The highest BCUT2D eigenvalue weighted by atomic mass is 32.2. The molecule has 0 saturated heterocycles. The molecule has 0 atom stereocenters. The molecule has 1 aromatic heterocycles. The molecule has 140 valence electrons. The molecule has 0 radical (unpaired) electrons. The van der Waals surface area contributed by atoms with Crippen LogP contribution in [0.15, 0.2) is 27.7 Å². The predicted molar refractivity (Wildman–Crippen MR) is 84.6 cm³/mol. The van der Waals surface area contributed by atoms with E-state index in [0.717, 1.165) is 38.3 Å². The van der Waals surface area contributed by atoms with Crippen molar-refractivity contribution in [1.29, 1.82) is 0 Å². The smallest absolute Gasteiger partial charge is 0.387 e. The molecular formula is C16H15F2NO6S. The number of nitrogens with zero attached hydrogens (tertiary/aromatic N) is 1. The summed E-state index contributed by atoms with van der Waals surface area (Å²) in [6.45, 7) is -3.18. The Hall–Kier alpha value is -2.49. The first-order valence-electron chi connectivity index (χ1n) is 7.59. The number of sulfone groups is 1. The number of aromatic nitrogens is 1. The summed E-state index contributed by atoms with van der Waals surface area (Å²) in [6.07, 6.45) is 3.76. The lowest BCUT2D eigenvalue weighted by Gasteiger charge is -2.16.